The number of nitrogens with one attached hydrogen (secondary N) is 1. The molecule has 2 heterocycles. The summed E-state index contributed by atoms with van der Waals surface area (Å²) in [6.07, 6.45) is 2.01. The molecule has 1 aliphatic rings. The second kappa shape index (κ2) is 7.49. The smallest absolute Gasteiger partial charge is 0.261 e. The summed E-state index contributed by atoms with van der Waals surface area (Å²) in [4.78, 5) is 29.7. The van der Waals surface area contributed by atoms with E-state index in [2.05, 4.69) is 20.9 Å². The van der Waals surface area contributed by atoms with Gasteiger partial charge < -0.3 is 14.6 Å². The highest BCUT2D eigenvalue weighted by Crippen LogP contribution is 2.21. The third-order valence-electron chi connectivity index (χ3n) is 4.40. The maximum atomic E-state index is 12.8. The van der Waals surface area contributed by atoms with E-state index < -0.39 is 0 Å². The zero-order valence-electron chi connectivity index (χ0n) is 13.7. The van der Waals surface area contributed by atoms with Crippen LogP contribution in [-0.4, -0.2) is 42.1 Å². The Morgan fingerprint density at radius 2 is 2.25 bits per heavy atom. The Labute approximate surface area is 149 Å². The van der Waals surface area contributed by atoms with Gasteiger partial charge in [0.05, 0.1) is 6.61 Å². The molecule has 5 nitrogen and oxygen atoms in total. The van der Waals surface area contributed by atoms with Crippen LogP contribution >= 0.6 is 15.9 Å². The molecule has 1 fully saturated rings. The number of halogens is 1. The fraction of sp³-hybridized carbons (Fsp3) is 0.444. The molecule has 0 radical (unpaired) electrons. The number of amides is 1. The van der Waals surface area contributed by atoms with E-state index in [0.717, 1.165) is 28.2 Å². The number of hydrogen-bond donors (Lipinski definition) is 1. The topological polar surface area (TPSA) is 62.4 Å². The Morgan fingerprint density at radius 3 is 3.04 bits per heavy atom. The highest BCUT2D eigenvalue weighted by atomic mass is 79.9. The second-order valence-electron chi connectivity index (χ2n) is 6.16. The first kappa shape index (κ1) is 17.2. The third kappa shape index (κ3) is 3.70. The van der Waals surface area contributed by atoms with E-state index in [4.69, 9.17) is 4.74 Å². The summed E-state index contributed by atoms with van der Waals surface area (Å²) in [5.41, 5.74) is 0.604. The lowest BCUT2D eigenvalue weighted by atomic mass is 9.98. The van der Waals surface area contributed by atoms with Gasteiger partial charge in [0, 0.05) is 35.1 Å². The summed E-state index contributed by atoms with van der Waals surface area (Å²) in [6, 6.07) is 7.28. The van der Waals surface area contributed by atoms with Crippen LogP contribution in [0.1, 0.15) is 30.1 Å². The average molecular weight is 393 g/mol. The van der Waals surface area contributed by atoms with Crippen LogP contribution in [0.5, 0.6) is 0 Å². The van der Waals surface area contributed by atoms with Crippen LogP contribution in [-0.2, 0) is 4.74 Å². The molecule has 1 N–H and O–H groups in total. The number of aromatic amines is 1. The number of benzene rings is 1. The molecule has 0 spiro atoms. The molecule has 0 bridgehead atoms. The van der Waals surface area contributed by atoms with E-state index >= 15 is 0 Å². The first-order valence-electron chi connectivity index (χ1n) is 8.28. The minimum absolute atomic E-state index is 0.195. The highest BCUT2D eigenvalue weighted by molar-refractivity contribution is 9.10. The molecule has 3 rings (SSSR count). The number of nitrogens with zero attached hydrogens (tertiary/aromatic N) is 1. The number of piperidine rings is 1. The van der Waals surface area contributed by atoms with Crippen LogP contribution in [0.25, 0.3) is 10.9 Å². The normalized spacial score (nSPS) is 18.1. The van der Waals surface area contributed by atoms with Crippen molar-refractivity contribution in [3.8, 4) is 0 Å². The summed E-state index contributed by atoms with van der Waals surface area (Å²) < 4.78 is 6.40. The Morgan fingerprint density at radius 1 is 1.42 bits per heavy atom. The van der Waals surface area contributed by atoms with E-state index in [0.29, 0.717) is 32.2 Å². The molecular weight excluding hydrogens is 372 g/mol. The van der Waals surface area contributed by atoms with Gasteiger partial charge in [-0.05, 0) is 49.9 Å². The molecule has 128 valence electrons. The lowest BCUT2D eigenvalue weighted by Gasteiger charge is -2.32. The van der Waals surface area contributed by atoms with E-state index in [-0.39, 0.29) is 17.0 Å². The summed E-state index contributed by atoms with van der Waals surface area (Å²) in [7, 11) is 0. The number of likely N-dealkylation sites (tertiary alicyclic amines) is 1. The van der Waals surface area contributed by atoms with Crippen LogP contribution < -0.4 is 5.56 Å². The number of hydrogen-bond acceptors (Lipinski definition) is 3. The Kier molecular flexibility index (Phi) is 5.36. The second-order valence-corrected chi connectivity index (χ2v) is 7.08. The van der Waals surface area contributed by atoms with Gasteiger partial charge in [-0.3, -0.25) is 9.59 Å². The fourth-order valence-electron chi connectivity index (χ4n) is 3.18. The summed E-state index contributed by atoms with van der Waals surface area (Å²) in [5.74, 6) is 0.149. The molecule has 0 aliphatic carbocycles. The van der Waals surface area contributed by atoms with Gasteiger partial charge in [0.25, 0.3) is 11.5 Å². The van der Waals surface area contributed by atoms with Crippen LogP contribution in [0.4, 0.5) is 0 Å². The van der Waals surface area contributed by atoms with Gasteiger partial charge in [0.15, 0.2) is 0 Å². The van der Waals surface area contributed by atoms with Gasteiger partial charge in [0.2, 0.25) is 0 Å². The summed E-state index contributed by atoms with van der Waals surface area (Å²) >= 11 is 3.42. The van der Waals surface area contributed by atoms with Gasteiger partial charge in [-0.15, -0.1) is 0 Å². The van der Waals surface area contributed by atoms with Gasteiger partial charge in [-0.25, -0.2) is 0 Å². The van der Waals surface area contributed by atoms with Crippen molar-refractivity contribution in [1.82, 2.24) is 9.88 Å². The Balaban J connectivity index is 1.85. The van der Waals surface area contributed by atoms with E-state index in [9.17, 15) is 9.59 Å². The SMILES string of the molecule is CCOCC1CCCN(C(=O)c2cc3cc(Br)ccc3[nH]c2=O)C1. The van der Waals surface area contributed by atoms with Crippen molar-refractivity contribution in [2.75, 3.05) is 26.3 Å². The third-order valence-corrected chi connectivity index (χ3v) is 4.89. The van der Waals surface area contributed by atoms with Gasteiger partial charge in [-0.1, -0.05) is 15.9 Å². The lowest BCUT2D eigenvalue weighted by Crippen LogP contribution is -2.42. The zero-order chi connectivity index (χ0) is 17.1. The van der Waals surface area contributed by atoms with Crippen molar-refractivity contribution in [3.63, 3.8) is 0 Å². The molecule has 1 amide bonds. The quantitative estimate of drug-likeness (QED) is 0.868. The number of aromatic nitrogens is 1. The number of fused-ring (bicyclic) bond motifs is 1. The first-order valence-corrected chi connectivity index (χ1v) is 9.07. The largest absolute Gasteiger partial charge is 0.381 e. The number of rotatable bonds is 4. The number of H-pyrrole nitrogens is 1. The monoisotopic (exact) mass is 392 g/mol. The maximum absolute atomic E-state index is 12.8. The average Bonchev–Trinajstić information content (AvgIpc) is 2.59. The summed E-state index contributed by atoms with van der Waals surface area (Å²) in [6.45, 7) is 4.66. The van der Waals surface area contributed by atoms with Crippen molar-refractivity contribution in [3.05, 3.63) is 44.7 Å². The zero-order valence-corrected chi connectivity index (χ0v) is 15.3. The van der Waals surface area contributed by atoms with Crippen molar-refractivity contribution in [1.29, 1.82) is 0 Å². The van der Waals surface area contributed by atoms with Crippen LogP contribution in [0, 0.1) is 5.92 Å². The number of carbonyl (C=O) groups is 1. The first-order chi connectivity index (χ1) is 11.6. The van der Waals surface area contributed by atoms with Crippen molar-refractivity contribution in [2.45, 2.75) is 19.8 Å². The number of carbonyl (C=O) groups excluding carboxylic acids is 1. The van der Waals surface area contributed by atoms with Crippen molar-refractivity contribution < 1.29 is 9.53 Å². The van der Waals surface area contributed by atoms with Crippen LogP contribution in [0.15, 0.2) is 33.5 Å². The van der Waals surface area contributed by atoms with Crippen LogP contribution in [0.3, 0.4) is 0 Å². The molecular formula is C18H21BrN2O3. The molecule has 0 saturated carbocycles. The van der Waals surface area contributed by atoms with Gasteiger partial charge in [-0.2, -0.15) is 0 Å². The molecule has 24 heavy (non-hydrogen) atoms. The molecule has 1 atom stereocenters. The van der Waals surface area contributed by atoms with Crippen LogP contribution in [0.2, 0.25) is 0 Å². The molecule has 2 aromatic rings. The maximum Gasteiger partial charge on any atom is 0.261 e. The minimum atomic E-state index is -0.332. The Bertz CT molecular complexity index is 802. The van der Waals surface area contributed by atoms with Gasteiger partial charge in [0.1, 0.15) is 5.56 Å². The van der Waals surface area contributed by atoms with E-state index in [1.807, 2.05) is 25.1 Å². The predicted octanol–water partition coefficient (Wildman–Crippen LogP) is 3.18. The molecule has 1 aromatic heterocycles. The fourth-order valence-corrected chi connectivity index (χ4v) is 3.56. The molecule has 6 heteroatoms. The van der Waals surface area contributed by atoms with E-state index in [1.54, 1.807) is 11.0 Å². The van der Waals surface area contributed by atoms with Crippen molar-refractivity contribution >= 4 is 32.7 Å². The van der Waals surface area contributed by atoms with Crippen molar-refractivity contribution in [2.24, 2.45) is 5.92 Å². The molecule has 1 saturated heterocycles. The minimum Gasteiger partial charge on any atom is -0.381 e. The standard InChI is InChI=1S/C18H21BrN2O3/c1-2-24-11-12-4-3-7-21(10-12)18(23)15-9-13-8-14(19)5-6-16(13)20-17(15)22/h5-6,8-9,12H,2-4,7,10-11H2,1H3,(H,20,22). The number of ether oxygens (including phenoxy) is 1. The molecule has 1 aromatic carbocycles. The lowest BCUT2D eigenvalue weighted by molar-refractivity contribution is 0.0500. The Hall–Kier alpha value is -1.66. The highest BCUT2D eigenvalue weighted by Gasteiger charge is 2.26. The number of pyridine rings is 1. The van der Waals surface area contributed by atoms with E-state index in [1.165, 1.54) is 0 Å². The molecule has 1 unspecified atom stereocenters. The molecule has 1 aliphatic heterocycles. The van der Waals surface area contributed by atoms with Gasteiger partial charge >= 0.3 is 0 Å². The summed E-state index contributed by atoms with van der Waals surface area (Å²) in [5, 5.41) is 0.843. The predicted molar refractivity (Wildman–Crippen MR) is 97.4 cm³/mol.